The number of carbonyl (C=O) groups is 1. The van der Waals surface area contributed by atoms with Gasteiger partial charge in [-0.05, 0) is 96.3 Å². The number of hydrogen-bond donors (Lipinski definition) is 9. The highest BCUT2D eigenvalue weighted by Gasteiger charge is 2.51. The van der Waals surface area contributed by atoms with Gasteiger partial charge >= 0.3 is 0 Å². The van der Waals surface area contributed by atoms with Gasteiger partial charge in [0.1, 0.15) is 48.8 Å². The molecule has 14 heteroatoms. The standard InChI is InChI=1S/C76H127NO13/c1-3-5-7-9-11-13-15-17-19-21-23-25-27-28-29-30-31-32-33-34-35-36-38-40-42-44-46-48-50-52-54-56-58-60-68(81)77-64(63-87-75-73(86)71(84)74(67(62-79)89-75)90-76-72(85)70(83)69(82)66(61-78)88-76)65(80)59-57-55-53-51-49-47-45-43-41-39-37-26-24-22-20-18-16-14-12-10-8-6-4-2/h5,7,11,13,17,19,23,25,28-29,31-32,34-35,38,40,44,46,50,52,57,59,64-67,69-76,78-80,82-86H,3-4,6,8-10,12,14-16,18,20-22,24,26-27,30,33,36-37,39,41-43,45,47-49,51,53-56,58,60-63H2,1-2H3,(H,77,81)/b7-5-,13-11-,19-17-,25-23-,29-28-,32-31-,35-34-,40-38-,46-44-,52-50-,59-57+. The van der Waals surface area contributed by atoms with E-state index < -0.39 is 86.8 Å². The van der Waals surface area contributed by atoms with Crippen LogP contribution in [0.2, 0.25) is 0 Å². The van der Waals surface area contributed by atoms with Gasteiger partial charge in [0, 0.05) is 6.42 Å². The minimum Gasteiger partial charge on any atom is -0.394 e. The predicted molar refractivity (Wildman–Crippen MR) is 368 cm³/mol. The van der Waals surface area contributed by atoms with Crippen LogP contribution in [0, 0.1) is 0 Å². The highest BCUT2D eigenvalue weighted by atomic mass is 16.7. The molecule has 0 radical (unpaired) electrons. The summed E-state index contributed by atoms with van der Waals surface area (Å²) in [5, 5.41) is 87.4. The van der Waals surface area contributed by atoms with Crippen LogP contribution in [-0.2, 0) is 23.7 Å². The molecule has 1 amide bonds. The van der Waals surface area contributed by atoms with Gasteiger partial charge in [-0.1, -0.05) is 276 Å². The van der Waals surface area contributed by atoms with Crippen molar-refractivity contribution in [2.75, 3.05) is 19.8 Å². The molecule has 2 aliphatic heterocycles. The van der Waals surface area contributed by atoms with Crippen LogP contribution in [0.4, 0.5) is 0 Å². The number of unbranched alkanes of at least 4 members (excludes halogenated alkanes) is 23. The van der Waals surface area contributed by atoms with E-state index in [9.17, 15) is 45.6 Å². The Morgan fingerprint density at radius 2 is 0.767 bits per heavy atom. The largest absolute Gasteiger partial charge is 0.394 e. The van der Waals surface area contributed by atoms with Gasteiger partial charge in [0.25, 0.3) is 0 Å². The number of rotatable bonds is 56. The van der Waals surface area contributed by atoms with Gasteiger partial charge in [-0.25, -0.2) is 0 Å². The van der Waals surface area contributed by atoms with Gasteiger partial charge in [0.05, 0.1) is 32.0 Å². The molecule has 2 saturated heterocycles. The lowest BCUT2D eigenvalue weighted by Crippen LogP contribution is -2.65. The van der Waals surface area contributed by atoms with Crippen molar-refractivity contribution in [3.63, 3.8) is 0 Å². The molecule has 2 fully saturated rings. The Hall–Kier alpha value is -3.87. The molecule has 0 saturated carbocycles. The van der Waals surface area contributed by atoms with E-state index in [1.807, 2.05) is 6.08 Å². The Labute approximate surface area is 545 Å². The topological polar surface area (TPSA) is 228 Å². The third-order valence-electron chi connectivity index (χ3n) is 16.3. The summed E-state index contributed by atoms with van der Waals surface area (Å²) in [6.07, 6.45) is 70.7. The van der Waals surface area contributed by atoms with Crippen LogP contribution < -0.4 is 5.32 Å². The minimum atomic E-state index is -1.80. The third kappa shape index (κ3) is 42.4. The van der Waals surface area contributed by atoms with Crippen molar-refractivity contribution in [1.82, 2.24) is 5.32 Å². The average molecular weight is 1260 g/mol. The summed E-state index contributed by atoms with van der Waals surface area (Å²) in [6, 6.07) is -0.950. The van der Waals surface area contributed by atoms with Crippen molar-refractivity contribution in [3.8, 4) is 0 Å². The smallest absolute Gasteiger partial charge is 0.220 e. The first kappa shape index (κ1) is 82.2. The van der Waals surface area contributed by atoms with Crippen LogP contribution in [0.25, 0.3) is 0 Å². The van der Waals surface area contributed by atoms with E-state index in [1.165, 1.54) is 116 Å². The monoisotopic (exact) mass is 1260 g/mol. The maximum absolute atomic E-state index is 13.3. The van der Waals surface area contributed by atoms with Crippen LogP contribution in [0.5, 0.6) is 0 Å². The van der Waals surface area contributed by atoms with E-state index in [1.54, 1.807) is 6.08 Å². The van der Waals surface area contributed by atoms with Crippen LogP contribution >= 0.6 is 0 Å². The van der Waals surface area contributed by atoms with Gasteiger partial charge in [-0.15, -0.1) is 0 Å². The van der Waals surface area contributed by atoms with E-state index in [-0.39, 0.29) is 18.9 Å². The summed E-state index contributed by atoms with van der Waals surface area (Å²) in [5.74, 6) is -0.285. The van der Waals surface area contributed by atoms with E-state index in [0.29, 0.717) is 6.42 Å². The second-order valence-electron chi connectivity index (χ2n) is 24.3. The number of amides is 1. The van der Waals surface area contributed by atoms with Crippen molar-refractivity contribution in [2.45, 2.75) is 319 Å². The van der Waals surface area contributed by atoms with Crippen molar-refractivity contribution >= 4 is 5.91 Å². The molecule has 514 valence electrons. The Morgan fingerprint density at radius 3 is 1.18 bits per heavy atom. The number of carbonyl (C=O) groups excluding carboxylic acids is 1. The molecule has 90 heavy (non-hydrogen) atoms. The molecular formula is C76H127NO13. The molecule has 14 nitrogen and oxygen atoms in total. The van der Waals surface area contributed by atoms with E-state index in [2.05, 4.69) is 141 Å². The van der Waals surface area contributed by atoms with Crippen molar-refractivity contribution in [1.29, 1.82) is 0 Å². The number of aliphatic hydroxyl groups excluding tert-OH is 8. The first-order valence-electron chi connectivity index (χ1n) is 35.4. The Kier molecular flexibility index (Phi) is 53.8. The Morgan fingerprint density at radius 1 is 0.411 bits per heavy atom. The molecular weight excluding hydrogens is 1130 g/mol. The minimum absolute atomic E-state index is 0.217. The highest BCUT2D eigenvalue weighted by molar-refractivity contribution is 5.76. The molecule has 2 heterocycles. The van der Waals surface area contributed by atoms with Crippen LogP contribution in [0.3, 0.4) is 0 Å². The van der Waals surface area contributed by atoms with Crippen LogP contribution in [0.1, 0.15) is 245 Å². The second kappa shape index (κ2) is 58.9. The normalized spacial score (nSPS) is 23.8. The first-order valence-corrected chi connectivity index (χ1v) is 35.4. The first-order chi connectivity index (χ1) is 44.1. The fourth-order valence-electron chi connectivity index (χ4n) is 10.7. The SMILES string of the molecule is CC/C=C\C/C=C\C/C=C\C/C=C\C/C=C\C/C=C\C/C=C\C/C=C\C/C=C\C/C=C\CCCCC(=O)NC(COC1OC(CO)C(OC2OC(CO)C(O)C(O)C2O)C(O)C1O)C(O)/C=C/CCCCCCCCCCCCCCCCCCCCCCC. The zero-order chi connectivity index (χ0) is 65.2. The van der Waals surface area contributed by atoms with Gasteiger partial charge in [0.15, 0.2) is 12.6 Å². The Bertz CT molecular complexity index is 2020. The van der Waals surface area contributed by atoms with E-state index >= 15 is 0 Å². The highest BCUT2D eigenvalue weighted by Crippen LogP contribution is 2.30. The number of nitrogens with one attached hydrogen (secondary N) is 1. The lowest BCUT2D eigenvalue weighted by molar-refractivity contribution is -0.359. The summed E-state index contributed by atoms with van der Waals surface area (Å²) >= 11 is 0. The molecule has 0 aromatic carbocycles. The van der Waals surface area contributed by atoms with Gasteiger partial charge < -0.3 is 65.1 Å². The van der Waals surface area contributed by atoms with Gasteiger partial charge in [-0.3, -0.25) is 4.79 Å². The summed E-state index contributed by atoms with van der Waals surface area (Å²) in [5.41, 5.74) is 0. The molecule has 0 spiro atoms. The summed E-state index contributed by atoms with van der Waals surface area (Å²) < 4.78 is 22.8. The lowest BCUT2D eigenvalue weighted by Gasteiger charge is -2.46. The summed E-state index contributed by atoms with van der Waals surface area (Å²) in [6.45, 7) is 2.67. The predicted octanol–water partition coefficient (Wildman–Crippen LogP) is 14.7. The van der Waals surface area contributed by atoms with E-state index in [0.717, 1.165) is 103 Å². The van der Waals surface area contributed by atoms with E-state index in [4.69, 9.17) is 18.9 Å². The molecule has 2 aliphatic rings. The summed E-state index contributed by atoms with van der Waals surface area (Å²) in [4.78, 5) is 13.3. The lowest BCUT2D eigenvalue weighted by atomic mass is 9.97. The molecule has 0 bridgehead atoms. The second-order valence-corrected chi connectivity index (χ2v) is 24.3. The molecule has 0 aromatic rings. The number of aliphatic hydroxyl groups is 8. The van der Waals surface area contributed by atoms with Crippen LogP contribution in [-0.4, -0.2) is 140 Å². The number of allylic oxidation sites excluding steroid dienone is 21. The third-order valence-corrected chi connectivity index (χ3v) is 16.3. The zero-order valence-corrected chi connectivity index (χ0v) is 55.8. The molecule has 12 unspecified atom stereocenters. The zero-order valence-electron chi connectivity index (χ0n) is 55.8. The molecule has 9 N–H and O–H groups in total. The molecule has 0 aliphatic carbocycles. The molecule has 12 atom stereocenters. The molecule has 0 aromatic heterocycles. The number of ether oxygens (including phenoxy) is 4. The van der Waals surface area contributed by atoms with Gasteiger partial charge in [0.2, 0.25) is 5.91 Å². The Balaban J connectivity index is 1.72. The fourth-order valence-corrected chi connectivity index (χ4v) is 10.7. The average Bonchev–Trinajstić information content (AvgIpc) is 1.41. The molecule has 2 rings (SSSR count). The summed E-state index contributed by atoms with van der Waals surface area (Å²) in [7, 11) is 0. The maximum atomic E-state index is 13.3. The fraction of sp³-hybridized carbons (Fsp3) is 0.697. The quantitative estimate of drug-likeness (QED) is 0.0204. The van der Waals surface area contributed by atoms with Crippen molar-refractivity contribution in [3.05, 3.63) is 134 Å². The van der Waals surface area contributed by atoms with Crippen LogP contribution in [0.15, 0.2) is 134 Å². The maximum Gasteiger partial charge on any atom is 0.220 e. The van der Waals surface area contributed by atoms with Crippen molar-refractivity contribution in [2.24, 2.45) is 0 Å². The van der Waals surface area contributed by atoms with Gasteiger partial charge in [-0.2, -0.15) is 0 Å². The number of hydrogen-bond acceptors (Lipinski definition) is 13. The van der Waals surface area contributed by atoms with Crippen molar-refractivity contribution < 1.29 is 64.6 Å².